The molecule has 0 spiro atoms. The number of aryl methyl sites for hydroxylation is 2. The molecule has 5 heteroatoms. The third kappa shape index (κ3) is 2.89. The minimum Gasteiger partial charge on any atom is -0.339 e. The summed E-state index contributed by atoms with van der Waals surface area (Å²) in [5.41, 5.74) is 3.33. The van der Waals surface area contributed by atoms with Gasteiger partial charge in [0.25, 0.3) is 0 Å². The summed E-state index contributed by atoms with van der Waals surface area (Å²) in [6.07, 6.45) is 0. The average Bonchev–Trinajstić information content (AvgIpc) is 2.31. The van der Waals surface area contributed by atoms with Crippen LogP contribution in [-0.2, 0) is 0 Å². The summed E-state index contributed by atoms with van der Waals surface area (Å²) in [7, 11) is 0. The Hall–Kier alpha value is -0.960. The molecule has 0 saturated carbocycles. The Morgan fingerprint density at radius 3 is 2.33 bits per heavy atom. The number of pyridine rings is 1. The SMILES string of the molecule is Cc1ccc(Nc2nc(Cl)c(Cl)cc2Cl)cc1C. The number of halogens is 3. The second-order valence-corrected chi connectivity index (χ2v) is 5.19. The van der Waals surface area contributed by atoms with Gasteiger partial charge in [0.05, 0.1) is 10.0 Å². The number of anilines is 2. The van der Waals surface area contributed by atoms with E-state index < -0.39 is 0 Å². The van der Waals surface area contributed by atoms with E-state index in [2.05, 4.69) is 17.2 Å². The largest absolute Gasteiger partial charge is 0.339 e. The summed E-state index contributed by atoms with van der Waals surface area (Å²) in [6, 6.07) is 7.59. The van der Waals surface area contributed by atoms with Crippen LogP contribution in [0.3, 0.4) is 0 Å². The van der Waals surface area contributed by atoms with Crippen LogP contribution in [0.1, 0.15) is 11.1 Å². The van der Waals surface area contributed by atoms with Gasteiger partial charge in [0.15, 0.2) is 5.82 Å². The number of hydrogen-bond donors (Lipinski definition) is 1. The lowest BCUT2D eigenvalue weighted by Gasteiger charge is -2.10. The fraction of sp³-hybridized carbons (Fsp3) is 0.154. The third-order valence-corrected chi connectivity index (χ3v) is 3.62. The van der Waals surface area contributed by atoms with Gasteiger partial charge in [0, 0.05) is 5.69 Å². The van der Waals surface area contributed by atoms with Crippen LogP contribution < -0.4 is 5.32 Å². The quantitative estimate of drug-likeness (QED) is 0.751. The zero-order valence-electron chi connectivity index (χ0n) is 9.89. The maximum atomic E-state index is 6.05. The summed E-state index contributed by atoms with van der Waals surface area (Å²) < 4.78 is 0. The molecule has 0 atom stereocenters. The van der Waals surface area contributed by atoms with Crippen molar-refractivity contribution in [1.29, 1.82) is 0 Å². The van der Waals surface area contributed by atoms with Crippen molar-refractivity contribution in [2.24, 2.45) is 0 Å². The second-order valence-electron chi connectivity index (χ2n) is 4.02. The first-order valence-corrected chi connectivity index (χ1v) is 6.46. The molecule has 0 bridgehead atoms. The first kappa shape index (κ1) is 13.5. The van der Waals surface area contributed by atoms with Gasteiger partial charge in [-0.05, 0) is 43.2 Å². The van der Waals surface area contributed by atoms with Crippen LogP contribution in [0.4, 0.5) is 11.5 Å². The van der Waals surface area contributed by atoms with Crippen molar-refractivity contribution >= 4 is 46.3 Å². The summed E-state index contributed by atoms with van der Waals surface area (Å²) in [5, 5.41) is 4.12. The molecule has 18 heavy (non-hydrogen) atoms. The highest BCUT2D eigenvalue weighted by atomic mass is 35.5. The Morgan fingerprint density at radius 2 is 1.67 bits per heavy atom. The molecule has 1 aromatic carbocycles. The van der Waals surface area contributed by atoms with E-state index >= 15 is 0 Å². The smallest absolute Gasteiger partial charge is 0.151 e. The average molecular weight is 302 g/mol. The molecule has 2 nitrogen and oxygen atoms in total. The van der Waals surface area contributed by atoms with E-state index in [1.165, 1.54) is 11.1 Å². The normalized spacial score (nSPS) is 10.5. The van der Waals surface area contributed by atoms with Gasteiger partial charge < -0.3 is 5.32 Å². The van der Waals surface area contributed by atoms with E-state index in [-0.39, 0.29) is 5.15 Å². The van der Waals surface area contributed by atoms with Crippen molar-refractivity contribution in [3.05, 3.63) is 50.6 Å². The molecular formula is C13H11Cl3N2. The van der Waals surface area contributed by atoms with Crippen molar-refractivity contribution < 1.29 is 0 Å². The molecule has 1 N–H and O–H groups in total. The highest BCUT2D eigenvalue weighted by Gasteiger charge is 2.08. The first-order chi connectivity index (χ1) is 8.47. The van der Waals surface area contributed by atoms with Crippen molar-refractivity contribution in [3.63, 3.8) is 0 Å². The molecule has 1 aromatic heterocycles. The van der Waals surface area contributed by atoms with E-state index in [1.807, 2.05) is 25.1 Å². The van der Waals surface area contributed by atoms with Gasteiger partial charge >= 0.3 is 0 Å². The van der Waals surface area contributed by atoms with Gasteiger partial charge in [-0.25, -0.2) is 4.98 Å². The Labute approximate surface area is 121 Å². The predicted molar refractivity (Wildman–Crippen MR) is 78.5 cm³/mol. The minimum absolute atomic E-state index is 0.229. The number of nitrogens with zero attached hydrogens (tertiary/aromatic N) is 1. The standard InChI is InChI=1S/C13H11Cl3N2/c1-7-3-4-9(5-8(7)2)17-13-11(15)6-10(14)12(16)18-13/h3-6H,1-2H3,(H,17,18). The van der Waals surface area contributed by atoms with Gasteiger partial charge in [-0.1, -0.05) is 40.9 Å². The molecule has 0 amide bonds. The number of nitrogens with one attached hydrogen (secondary N) is 1. The molecular weight excluding hydrogens is 291 g/mol. The molecule has 0 unspecified atom stereocenters. The Kier molecular flexibility index (Phi) is 4.00. The highest BCUT2D eigenvalue weighted by molar-refractivity contribution is 6.43. The molecule has 94 valence electrons. The second kappa shape index (κ2) is 5.35. The molecule has 0 saturated heterocycles. The Morgan fingerprint density at radius 1 is 0.944 bits per heavy atom. The van der Waals surface area contributed by atoms with Crippen LogP contribution in [0, 0.1) is 13.8 Å². The van der Waals surface area contributed by atoms with Gasteiger partial charge in [0.1, 0.15) is 5.15 Å². The van der Waals surface area contributed by atoms with E-state index in [1.54, 1.807) is 6.07 Å². The Balaban J connectivity index is 2.34. The van der Waals surface area contributed by atoms with Crippen LogP contribution in [0.25, 0.3) is 0 Å². The lowest BCUT2D eigenvalue weighted by molar-refractivity contribution is 1.29. The summed E-state index contributed by atoms with van der Waals surface area (Å²) >= 11 is 17.7. The molecule has 0 radical (unpaired) electrons. The van der Waals surface area contributed by atoms with Gasteiger partial charge in [-0.15, -0.1) is 0 Å². The van der Waals surface area contributed by atoms with Gasteiger partial charge in [-0.3, -0.25) is 0 Å². The molecule has 2 aromatic rings. The third-order valence-electron chi connectivity index (χ3n) is 2.66. The van der Waals surface area contributed by atoms with Crippen molar-refractivity contribution in [3.8, 4) is 0 Å². The first-order valence-electron chi connectivity index (χ1n) is 5.33. The summed E-state index contributed by atoms with van der Waals surface area (Å²) in [4.78, 5) is 4.11. The molecule has 1 heterocycles. The molecule has 0 aliphatic carbocycles. The van der Waals surface area contributed by atoms with Crippen LogP contribution in [0.2, 0.25) is 15.2 Å². The zero-order valence-corrected chi connectivity index (χ0v) is 12.2. The lowest BCUT2D eigenvalue weighted by atomic mass is 10.1. The van der Waals surface area contributed by atoms with Crippen LogP contribution in [0.15, 0.2) is 24.3 Å². The topological polar surface area (TPSA) is 24.9 Å². The number of benzene rings is 1. The fourth-order valence-electron chi connectivity index (χ4n) is 1.49. The predicted octanol–water partition coefficient (Wildman–Crippen LogP) is 5.40. The maximum absolute atomic E-state index is 6.05. The molecule has 2 rings (SSSR count). The lowest BCUT2D eigenvalue weighted by Crippen LogP contribution is -1.96. The number of hydrogen-bond acceptors (Lipinski definition) is 2. The monoisotopic (exact) mass is 300 g/mol. The van der Waals surface area contributed by atoms with E-state index in [0.29, 0.717) is 15.9 Å². The summed E-state index contributed by atoms with van der Waals surface area (Å²) in [5.74, 6) is 0.495. The van der Waals surface area contributed by atoms with E-state index in [9.17, 15) is 0 Å². The molecule has 0 aliphatic heterocycles. The van der Waals surface area contributed by atoms with Crippen LogP contribution in [-0.4, -0.2) is 4.98 Å². The van der Waals surface area contributed by atoms with Gasteiger partial charge in [-0.2, -0.15) is 0 Å². The zero-order chi connectivity index (χ0) is 13.3. The molecule has 0 aliphatic rings. The van der Waals surface area contributed by atoms with Crippen molar-refractivity contribution in [2.45, 2.75) is 13.8 Å². The summed E-state index contributed by atoms with van der Waals surface area (Å²) in [6.45, 7) is 4.11. The number of aromatic nitrogens is 1. The fourth-order valence-corrected chi connectivity index (χ4v) is 2.03. The maximum Gasteiger partial charge on any atom is 0.151 e. The Bertz CT molecular complexity index is 597. The van der Waals surface area contributed by atoms with E-state index in [4.69, 9.17) is 34.8 Å². The van der Waals surface area contributed by atoms with Crippen molar-refractivity contribution in [1.82, 2.24) is 4.98 Å². The molecule has 0 fully saturated rings. The van der Waals surface area contributed by atoms with Crippen LogP contribution in [0.5, 0.6) is 0 Å². The minimum atomic E-state index is 0.229. The van der Waals surface area contributed by atoms with E-state index in [0.717, 1.165) is 5.69 Å². The number of rotatable bonds is 2. The van der Waals surface area contributed by atoms with Crippen molar-refractivity contribution in [2.75, 3.05) is 5.32 Å². The van der Waals surface area contributed by atoms with Gasteiger partial charge in [0.2, 0.25) is 0 Å². The van der Waals surface area contributed by atoms with Crippen LogP contribution >= 0.6 is 34.8 Å². The highest BCUT2D eigenvalue weighted by Crippen LogP contribution is 2.31.